The van der Waals surface area contributed by atoms with Gasteiger partial charge in [0.2, 0.25) is 0 Å². The predicted molar refractivity (Wildman–Crippen MR) is 89.9 cm³/mol. The summed E-state index contributed by atoms with van der Waals surface area (Å²) < 4.78 is 1.69. The summed E-state index contributed by atoms with van der Waals surface area (Å²) in [6.07, 6.45) is 6.96. The predicted octanol–water partition coefficient (Wildman–Crippen LogP) is 3.03. The fourth-order valence-electron chi connectivity index (χ4n) is 3.03. The molecule has 0 aliphatic heterocycles. The number of rotatable bonds is 4. The summed E-state index contributed by atoms with van der Waals surface area (Å²) in [5.41, 5.74) is 6.41. The Labute approximate surface area is 144 Å². The summed E-state index contributed by atoms with van der Waals surface area (Å²) in [7, 11) is 0. The molecule has 0 bridgehead atoms. The van der Waals surface area contributed by atoms with E-state index in [2.05, 4.69) is 21.5 Å². The number of primary amides is 1. The van der Waals surface area contributed by atoms with Gasteiger partial charge in [-0.2, -0.15) is 10.4 Å². The van der Waals surface area contributed by atoms with Gasteiger partial charge in [0.1, 0.15) is 10.7 Å². The molecule has 0 radical (unpaired) electrons. The lowest BCUT2D eigenvalue weighted by Crippen LogP contribution is -2.22. The second-order valence-corrected chi connectivity index (χ2v) is 6.20. The Morgan fingerprint density at radius 1 is 1.46 bits per heavy atom. The number of nitrogens with one attached hydrogen (secondary N) is 1. The minimum atomic E-state index is -0.576. The molecule has 8 heteroatoms. The number of amides is 1. The number of nitrogens with zero attached hydrogens (tertiary/aromatic N) is 4. The molecule has 2 aromatic heterocycles. The SMILES string of the molecule is N#C[C@H]1CCCC[C@@H]1n1cc(C(N)=O)c(Nc2ccnc(Cl)c2)n1. The highest BCUT2D eigenvalue weighted by atomic mass is 35.5. The Kier molecular flexibility index (Phi) is 4.67. The lowest BCUT2D eigenvalue weighted by molar-refractivity contribution is 0.100. The molecule has 1 aliphatic rings. The molecule has 1 saturated carbocycles. The van der Waals surface area contributed by atoms with Crippen LogP contribution in [0.5, 0.6) is 0 Å². The molecule has 124 valence electrons. The van der Waals surface area contributed by atoms with Gasteiger partial charge < -0.3 is 11.1 Å². The van der Waals surface area contributed by atoms with Crippen LogP contribution in [0.2, 0.25) is 5.15 Å². The molecule has 0 spiro atoms. The van der Waals surface area contributed by atoms with E-state index in [0.29, 0.717) is 16.7 Å². The monoisotopic (exact) mass is 344 g/mol. The van der Waals surface area contributed by atoms with E-state index < -0.39 is 5.91 Å². The number of hydrogen-bond donors (Lipinski definition) is 2. The zero-order chi connectivity index (χ0) is 17.1. The molecule has 24 heavy (non-hydrogen) atoms. The first-order valence-electron chi connectivity index (χ1n) is 7.75. The summed E-state index contributed by atoms with van der Waals surface area (Å²) in [6, 6.07) is 5.65. The van der Waals surface area contributed by atoms with Crippen LogP contribution < -0.4 is 11.1 Å². The first-order valence-corrected chi connectivity index (χ1v) is 8.13. The number of hydrogen-bond acceptors (Lipinski definition) is 5. The van der Waals surface area contributed by atoms with E-state index in [4.69, 9.17) is 17.3 Å². The fraction of sp³-hybridized carbons (Fsp3) is 0.375. The van der Waals surface area contributed by atoms with E-state index in [9.17, 15) is 10.1 Å². The van der Waals surface area contributed by atoms with Gasteiger partial charge in [0.25, 0.3) is 5.91 Å². The van der Waals surface area contributed by atoms with Crippen molar-refractivity contribution in [1.29, 1.82) is 5.26 Å². The summed E-state index contributed by atoms with van der Waals surface area (Å²) in [4.78, 5) is 15.7. The van der Waals surface area contributed by atoms with E-state index in [1.165, 1.54) is 0 Å². The highest BCUT2D eigenvalue weighted by Gasteiger charge is 2.28. The molecular weight excluding hydrogens is 328 g/mol. The third-order valence-electron chi connectivity index (χ3n) is 4.22. The van der Waals surface area contributed by atoms with Crippen LogP contribution in [0.4, 0.5) is 11.5 Å². The van der Waals surface area contributed by atoms with Crippen LogP contribution in [0.3, 0.4) is 0 Å². The highest BCUT2D eigenvalue weighted by molar-refractivity contribution is 6.29. The minimum Gasteiger partial charge on any atom is -0.365 e. The van der Waals surface area contributed by atoms with Gasteiger partial charge in [-0.05, 0) is 25.0 Å². The van der Waals surface area contributed by atoms with Crippen molar-refractivity contribution in [2.24, 2.45) is 11.7 Å². The lowest BCUT2D eigenvalue weighted by atomic mass is 9.85. The molecule has 1 aliphatic carbocycles. The summed E-state index contributed by atoms with van der Waals surface area (Å²) in [6.45, 7) is 0. The van der Waals surface area contributed by atoms with Crippen molar-refractivity contribution in [3.05, 3.63) is 35.2 Å². The first kappa shape index (κ1) is 16.3. The van der Waals surface area contributed by atoms with Crippen LogP contribution in [0.1, 0.15) is 42.1 Å². The lowest BCUT2D eigenvalue weighted by Gasteiger charge is -2.26. The van der Waals surface area contributed by atoms with Crippen molar-refractivity contribution in [2.75, 3.05) is 5.32 Å². The standard InChI is InChI=1S/C16H17ClN6O/c17-14-7-11(5-6-20-14)21-16-12(15(19)24)9-23(22-16)13-4-2-1-3-10(13)8-18/h5-7,9-10,13H,1-4H2,(H2,19,24)(H,20,21,22)/t10-,13+/m1/s1. The molecule has 1 fully saturated rings. The molecule has 2 heterocycles. The van der Waals surface area contributed by atoms with Gasteiger partial charge in [0, 0.05) is 18.1 Å². The van der Waals surface area contributed by atoms with Gasteiger partial charge in [-0.3, -0.25) is 9.48 Å². The van der Waals surface area contributed by atoms with Crippen LogP contribution >= 0.6 is 11.6 Å². The number of pyridine rings is 1. The van der Waals surface area contributed by atoms with Gasteiger partial charge >= 0.3 is 0 Å². The van der Waals surface area contributed by atoms with E-state index in [-0.39, 0.29) is 17.5 Å². The molecule has 3 rings (SSSR count). The van der Waals surface area contributed by atoms with Gasteiger partial charge in [-0.1, -0.05) is 24.4 Å². The number of carbonyl (C=O) groups is 1. The molecule has 0 saturated heterocycles. The third-order valence-corrected chi connectivity index (χ3v) is 4.43. The number of halogens is 1. The number of carbonyl (C=O) groups excluding carboxylic acids is 1. The average molecular weight is 345 g/mol. The van der Waals surface area contributed by atoms with Crippen molar-refractivity contribution < 1.29 is 4.79 Å². The van der Waals surface area contributed by atoms with Crippen molar-refractivity contribution in [2.45, 2.75) is 31.7 Å². The highest BCUT2D eigenvalue weighted by Crippen LogP contribution is 2.34. The third kappa shape index (κ3) is 3.34. The van der Waals surface area contributed by atoms with Gasteiger partial charge in [0.05, 0.1) is 18.0 Å². The van der Waals surface area contributed by atoms with E-state index in [1.807, 2.05) is 0 Å². The molecular formula is C16H17ClN6O. The maximum atomic E-state index is 11.8. The Balaban J connectivity index is 1.93. The molecule has 0 aromatic carbocycles. The normalized spacial score (nSPS) is 20.3. The molecule has 2 aromatic rings. The zero-order valence-electron chi connectivity index (χ0n) is 12.9. The van der Waals surface area contributed by atoms with Crippen molar-refractivity contribution in [3.63, 3.8) is 0 Å². The topological polar surface area (TPSA) is 110 Å². The Morgan fingerprint density at radius 3 is 2.96 bits per heavy atom. The van der Waals surface area contributed by atoms with E-state index >= 15 is 0 Å². The van der Waals surface area contributed by atoms with Gasteiger partial charge in [0.15, 0.2) is 5.82 Å². The quantitative estimate of drug-likeness (QED) is 0.828. The van der Waals surface area contributed by atoms with Crippen LogP contribution in [0, 0.1) is 17.2 Å². The minimum absolute atomic E-state index is 0.0431. The first-order chi connectivity index (χ1) is 11.6. The van der Waals surface area contributed by atoms with E-state index in [1.54, 1.807) is 29.2 Å². The number of anilines is 2. The number of nitriles is 1. The van der Waals surface area contributed by atoms with Gasteiger partial charge in [-0.25, -0.2) is 4.98 Å². The maximum Gasteiger partial charge on any atom is 0.254 e. The number of aromatic nitrogens is 3. The average Bonchev–Trinajstić information content (AvgIpc) is 2.98. The van der Waals surface area contributed by atoms with Crippen LogP contribution in [0.15, 0.2) is 24.5 Å². The molecule has 3 N–H and O–H groups in total. The smallest absolute Gasteiger partial charge is 0.254 e. The zero-order valence-corrected chi connectivity index (χ0v) is 13.7. The Hall–Kier alpha value is -2.59. The molecule has 2 atom stereocenters. The van der Waals surface area contributed by atoms with Gasteiger partial charge in [-0.15, -0.1) is 0 Å². The Bertz CT molecular complexity index is 796. The fourth-order valence-corrected chi connectivity index (χ4v) is 3.20. The maximum absolute atomic E-state index is 11.8. The molecule has 1 amide bonds. The number of nitrogens with two attached hydrogens (primary N) is 1. The van der Waals surface area contributed by atoms with E-state index in [0.717, 1.165) is 25.7 Å². The second-order valence-electron chi connectivity index (χ2n) is 5.82. The van der Waals surface area contributed by atoms with Crippen LogP contribution in [0.25, 0.3) is 0 Å². The van der Waals surface area contributed by atoms with Crippen LogP contribution in [-0.4, -0.2) is 20.7 Å². The van der Waals surface area contributed by atoms with Crippen molar-refractivity contribution in [3.8, 4) is 6.07 Å². The van der Waals surface area contributed by atoms with Crippen molar-refractivity contribution >= 4 is 29.0 Å². The second kappa shape index (κ2) is 6.89. The summed E-state index contributed by atoms with van der Waals surface area (Å²) in [5, 5.41) is 17.2. The summed E-state index contributed by atoms with van der Waals surface area (Å²) >= 11 is 5.87. The molecule has 0 unspecified atom stereocenters. The van der Waals surface area contributed by atoms with Crippen molar-refractivity contribution in [1.82, 2.24) is 14.8 Å². The summed E-state index contributed by atoms with van der Waals surface area (Å²) in [5.74, 6) is -0.331. The molecule has 7 nitrogen and oxygen atoms in total. The Morgan fingerprint density at radius 2 is 2.25 bits per heavy atom. The largest absolute Gasteiger partial charge is 0.365 e. The van der Waals surface area contributed by atoms with Crippen LogP contribution in [-0.2, 0) is 0 Å².